The summed E-state index contributed by atoms with van der Waals surface area (Å²) in [6.45, 7) is 4.80. The second-order valence-electron chi connectivity index (χ2n) is 15.4. The van der Waals surface area contributed by atoms with Crippen molar-refractivity contribution in [1.82, 2.24) is 5.32 Å². The summed E-state index contributed by atoms with van der Waals surface area (Å²) in [6.07, 6.45) is 52.2. The Morgan fingerprint density at radius 2 is 0.963 bits per heavy atom. The minimum atomic E-state index is -0.698. The fourth-order valence-corrected chi connectivity index (χ4v) is 6.53. The normalized spacial score (nSPS) is 13.2. The second kappa shape index (κ2) is 43.5. The first-order valence-electron chi connectivity index (χ1n) is 22.9. The fraction of sp³-hybridized carbons (Fsp3) is 0.792. The molecule has 0 rings (SSSR count). The summed E-state index contributed by atoms with van der Waals surface area (Å²) in [7, 11) is 0. The van der Waals surface area contributed by atoms with Crippen LogP contribution in [-0.2, 0) is 14.3 Å². The van der Waals surface area contributed by atoms with Gasteiger partial charge < -0.3 is 20.3 Å². The quantitative estimate of drug-likeness (QED) is 0.0328. The molecule has 0 saturated heterocycles. The van der Waals surface area contributed by atoms with Gasteiger partial charge in [0.2, 0.25) is 5.91 Å². The maximum atomic E-state index is 12.3. The van der Waals surface area contributed by atoms with E-state index in [1.54, 1.807) is 0 Å². The number of hydrogen-bond donors (Lipinski definition) is 3. The minimum absolute atomic E-state index is 0.0331. The van der Waals surface area contributed by atoms with E-state index in [9.17, 15) is 19.8 Å². The predicted octanol–water partition coefficient (Wildman–Crippen LogP) is 13.1. The number of amides is 1. The van der Waals surface area contributed by atoms with Crippen LogP contribution in [0.2, 0.25) is 0 Å². The number of aliphatic hydroxyl groups is 2. The van der Waals surface area contributed by atoms with Crippen molar-refractivity contribution in [2.45, 2.75) is 231 Å². The molecule has 54 heavy (non-hydrogen) atoms. The van der Waals surface area contributed by atoms with E-state index in [4.69, 9.17) is 4.74 Å². The Bertz CT molecular complexity index is 926. The largest absolute Gasteiger partial charge is 0.466 e. The molecule has 0 spiro atoms. The van der Waals surface area contributed by atoms with E-state index < -0.39 is 12.1 Å². The van der Waals surface area contributed by atoms with Crippen molar-refractivity contribution < 1.29 is 24.5 Å². The highest BCUT2D eigenvalue weighted by Crippen LogP contribution is 2.14. The van der Waals surface area contributed by atoms with Crippen LogP contribution in [0.25, 0.3) is 0 Å². The van der Waals surface area contributed by atoms with Gasteiger partial charge in [-0.05, 0) is 70.6 Å². The molecular weight excluding hydrogens is 671 g/mol. The van der Waals surface area contributed by atoms with Gasteiger partial charge in [0.05, 0.1) is 25.4 Å². The maximum Gasteiger partial charge on any atom is 0.305 e. The summed E-state index contributed by atoms with van der Waals surface area (Å²) in [5.74, 6) is -0.154. The Hall–Kier alpha value is -2.18. The van der Waals surface area contributed by atoms with Gasteiger partial charge in [-0.1, -0.05) is 184 Å². The number of hydrogen-bond acceptors (Lipinski definition) is 5. The van der Waals surface area contributed by atoms with Crippen molar-refractivity contribution in [1.29, 1.82) is 0 Å². The summed E-state index contributed by atoms with van der Waals surface area (Å²) in [5.41, 5.74) is 0. The smallest absolute Gasteiger partial charge is 0.305 e. The molecule has 0 radical (unpaired) electrons. The first-order chi connectivity index (χ1) is 26.5. The number of unbranched alkanes of at least 4 members (excludes halogenated alkanes) is 22. The maximum absolute atomic E-state index is 12.3. The third kappa shape index (κ3) is 39.5. The average molecular weight is 758 g/mol. The number of esters is 1. The highest BCUT2D eigenvalue weighted by molar-refractivity contribution is 5.76. The minimum Gasteiger partial charge on any atom is -0.466 e. The van der Waals surface area contributed by atoms with Gasteiger partial charge in [-0.2, -0.15) is 0 Å². The van der Waals surface area contributed by atoms with E-state index in [1.165, 1.54) is 116 Å². The predicted molar refractivity (Wildman–Crippen MR) is 232 cm³/mol. The molecule has 1 amide bonds. The molecule has 0 heterocycles. The van der Waals surface area contributed by atoms with E-state index in [0.717, 1.165) is 64.2 Å². The van der Waals surface area contributed by atoms with Crippen molar-refractivity contribution in [2.24, 2.45) is 0 Å². The zero-order valence-corrected chi connectivity index (χ0v) is 35.4. The molecule has 0 bridgehead atoms. The van der Waals surface area contributed by atoms with E-state index in [0.29, 0.717) is 32.3 Å². The van der Waals surface area contributed by atoms with Crippen LogP contribution in [0.5, 0.6) is 0 Å². The van der Waals surface area contributed by atoms with Crippen LogP contribution < -0.4 is 5.32 Å². The molecule has 0 aromatic carbocycles. The average Bonchev–Trinajstić information content (AvgIpc) is 3.17. The molecule has 2 unspecified atom stereocenters. The third-order valence-electron chi connectivity index (χ3n) is 10.1. The number of nitrogens with one attached hydrogen (secondary N) is 1. The van der Waals surface area contributed by atoms with Crippen molar-refractivity contribution in [3.63, 3.8) is 0 Å². The SMILES string of the molecule is CCCC/C=C\C/C=C\CCCCCCCC(=O)OCCCCCCCC/C=C\C/C=C\CCC(=O)NC(CO)C(O)CCCCCCCCCCCC. The summed E-state index contributed by atoms with van der Waals surface area (Å²) < 4.78 is 5.43. The van der Waals surface area contributed by atoms with Gasteiger partial charge in [0.15, 0.2) is 0 Å². The fourth-order valence-electron chi connectivity index (χ4n) is 6.53. The van der Waals surface area contributed by atoms with Crippen molar-refractivity contribution in [2.75, 3.05) is 13.2 Å². The number of aliphatic hydroxyl groups excluding tert-OH is 2. The van der Waals surface area contributed by atoms with E-state index >= 15 is 0 Å². The van der Waals surface area contributed by atoms with Gasteiger partial charge in [-0.25, -0.2) is 0 Å². The third-order valence-corrected chi connectivity index (χ3v) is 10.1. The summed E-state index contributed by atoms with van der Waals surface area (Å²) >= 11 is 0. The molecule has 6 heteroatoms. The molecule has 0 aliphatic heterocycles. The van der Waals surface area contributed by atoms with Gasteiger partial charge in [-0.3, -0.25) is 9.59 Å². The highest BCUT2D eigenvalue weighted by Gasteiger charge is 2.19. The van der Waals surface area contributed by atoms with Crippen molar-refractivity contribution in [3.8, 4) is 0 Å². The van der Waals surface area contributed by atoms with Crippen LogP contribution >= 0.6 is 0 Å². The zero-order valence-electron chi connectivity index (χ0n) is 35.4. The van der Waals surface area contributed by atoms with Crippen LogP contribution in [0, 0.1) is 0 Å². The first kappa shape index (κ1) is 51.8. The number of ether oxygens (including phenoxy) is 1. The van der Waals surface area contributed by atoms with Crippen LogP contribution in [-0.4, -0.2) is 47.4 Å². The second-order valence-corrected chi connectivity index (χ2v) is 15.4. The molecule has 0 aliphatic carbocycles. The highest BCUT2D eigenvalue weighted by atomic mass is 16.5. The standard InChI is InChI=1S/C48H87NO5/c1-3-5-7-9-11-13-15-16-19-22-26-30-34-38-42-48(53)54-43-39-35-31-27-23-20-17-18-21-25-29-33-37-41-47(52)49-45(44-50)46(51)40-36-32-28-24-14-12-10-8-6-4-2/h9,11,15-16,18,21,29,33,45-46,50-51H,3-8,10,12-14,17,19-20,22-28,30-32,34-44H2,1-2H3,(H,49,52)/b11-9-,16-15-,21-18-,33-29-. The lowest BCUT2D eigenvalue weighted by Crippen LogP contribution is -2.45. The van der Waals surface area contributed by atoms with Crippen LogP contribution in [0.1, 0.15) is 219 Å². The van der Waals surface area contributed by atoms with Crippen LogP contribution in [0.4, 0.5) is 0 Å². The molecule has 3 N–H and O–H groups in total. The van der Waals surface area contributed by atoms with Gasteiger partial charge in [0.25, 0.3) is 0 Å². The Morgan fingerprint density at radius 1 is 0.519 bits per heavy atom. The Labute approximate surface area is 334 Å². The number of allylic oxidation sites excluding steroid dienone is 8. The summed E-state index contributed by atoms with van der Waals surface area (Å²) in [6, 6.07) is -0.585. The lowest BCUT2D eigenvalue weighted by atomic mass is 10.0. The van der Waals surface area contributed by atoms with Gasteiger partial charge >= 0.3 is 5.97 Å². The summed E-state index contributed by atoms with van der Waals surface area (Å²) in [5, 5.41) is 23.0. The molecule has 0 aromatic heterocycles. The first-order valence-corrected chi connectivity index (χ1v) is 22.9. The number of rotatable bonds is 41. The molecule has 0 aromatic rings. The van der Waals surface area contributed by atoms with Crippen molar-refractivity contribution in [3.05, 3.63) is 48.6 Å². The van der Waals surface area contributed by atoms with E-state index in [1.807, 2.05) is 6.08 Å². The number of carbonyl (C=O) groups excluding carboxylic acids is 2. The molecule has 0 aliphatic rings. The van der Waals surface area contributed by atoms with E-state index in [-0.39, 0.29) is 18.5 Å². The van der Waals surface area contributed by atoms with Crippen LogP contribution in [0.15, 0.2) is 48.6 Å². The molecule has 2 atom stereocenters. The Balaban J connectivity index is 3.57. The Kier molecular flexibility index (Phi) is 41.8. The lowest BCUT2D eigenvalue weighted by Gasteiger charge is -2.22. The van der Waals surface area contributed by atoms with Gasteiger partial charge in [0, 0.05) is 12.8 Å². The van der Waals surface area contributed by atoms with Crippen LogP contribution in [0.3, 0.4) is 0 Å². The molecule has 0 fully saturated rings. The monoisotopic (exact) mass is 758 g/mol. The summed E-state index contributed by atoms with van der Waals surface area (Å²) in [4.78, 5) is 24.3. The lowest BCUT2D eigenvalue weighted by molar-refractivity contribution is -0.143. The molecule has 314 valence electrons. The molecular formula is C48H87NO5. The zero-order chi connectivity index (χ0) is 39.4. The number of carbonyl (C=O) groups is 2. The topological polar surface area (TPSA) is 95.9 Å². The van der Waals surface area contributed by atoms with Gasteiger partial charge in [0.1, 0.15) is 0 Å². The molecule has 6 nitrogen and oxygen atoms in total. The molecule has 0 saturated carbocycles. The van der Waals surface area contributed by atoms with E-state index in [2.05, 4.69) is 61.7 Å². The van der Waals surface area contributed by atoms with Gasteiger partial charge in [-0.15, -0.1) is 0 Å². The Morgan fingerprint density at radius 3 is 1.50 bits per heavy atom. The van der Waals surface area contributed by atoms with Crippen molar-refractivity contribution >= 4 is 11.9 Å².